The number of benzene rings is 1. The Bertz CT molecular complexity index is 936. The molecule has 1 aromatic heterocycles. The third-order valence-electron chi connectivity index (χ3n) is 5.39. The SMILES string of the molecule is O=c1c([N+](=O)[O-])cn2c(=O)n1CCCCCN(Cc1ccccc1)CCCCC2. The van der Waals surface area contributed by atoms with Crippen LogP contribution >= 0.6 is 0 Å². The fourth-order valence-electron chi connectivity index (χ4n) is 3.81. The number of nitrogens with zero attached hydrogens (tertiary/aromatic N) is 4. The van der Waals surface area contributed by atoms with Gasteiger partial charge in [0.15, 0.2) is 0 Å². The quantitative estimate of drug-likeness (QED) is 0.584. The van der Waals surface area contributed by atoms with E-state index in [-0.39, 0.29) is 6.54 Å². The van der Waals surface area contributed by atoms with Crippen LogP contribution in [0.3, 0.4) is 0 Å². The molecule has 2 heterocycles. The largest absolute Gasteiger partial charge is 0.350 e. The topological polar surface area (TPSA) is 90.4 Å². The van der Waals surface area contributed by atoms with Crippen LogP contribution in [0.2, 0.25) is 0 Å². The summed E-state index contributed by atoms with van der Waals surface area (Å²) in [4.78, 5) is 37.9. The van der Waals surface area contributed by atoms with Crippen LogP contribution in [-0.4, -0.2) is 32.0 Å². The summed E-state index contributed by atoms with van der Waals surface area (Å²) in [7, 11) is 0. The zero-order chi connectivity index (χ0) is 20.6. The third-order valence-corrected chi connectivity index (χ3v) is 5.39. The van der Waals surface area contributed by atoms with Gasteiger partial charge in [-0.1, -0.05) is 43.2 Å². The minimum Gasteiger partial charge on any atom is -0.299 e. The maximum atomic E-state index is 12.6. The van der Waals surface area contributed by atoms with Gasteiger partial charge in [0.2, 0.25) is 0 Å². The molecule has 0 amide bonds. The molecule has 0 radical (unpaired) electrons. The van der Waals surface area contributed by atoms with Crippen molar-refractivity contribution >= 4 is 5.69 Å². The van der Waals surface area contributed by atoms with E-state index >= 15 is 0 Å². The van der Waals surface area contributed by atoms with Crippen molar-refractivity contribution in [2.24, 2.45) is 0 Å². The van der Waals surface area contributed by atoms with E-state index in [2.05, 4.69) is 29.2 Å². The van der Waals surface area contributed by atoms with Gasteiger partial charge in [-0.25, -0.2) is 4.79 Å². The first-order valence-corrected chi connectivity index (χ1v) is 10.3. The van der Waals surface area contributed by atoms with Gasteiger partial charge in [-0.2, -0.15) is 0 Å². The normalized spacial score (nSPS) is 16.8. The zero-order valence-electron chi connectivity index (χ0n) is 16.7. The monoisotopic (exact) mass is 400 g/mol. The van der Waals surface area contributed by atoms with Crippen molar-refractivity contribution in [3.8, 4) is 0 Å². The molecule has 0 saturated carbocycles. The number of hydrogen-bond acceptors (Lipinski definition) is 5. The Hall–Kier alpha value is -2.74. The first kappa shape index (κ1) is 21.0. The Balaban J connectivity index is 1.72. The summed E-state index contributed by atoms with van der Waals surface area (Å²) in [5, 5.41) is 11.2. The van der Waals surface area contributed by atoms with Crippen LogP contribution in [0.4, 0.5) is 5.69 Å². The highest BCUT2D eigenvalue weighted by atomic mass is 16.6. The van der Waals surface area contributed by atoms with Crippen molar-refractivity contribution in [1.82, 2.24) is 14.0 Å². The molecule has 29 heavy (non-hydrogen) atoms. The molecule has 2 aromatic rings. The van der Waals surface area contributed by atoms with Crippen LogP contribution in [0.25, 0.3) is 0 Å². The van der Waals surface area contributed by atoms with E-state index in [1.54, 1.807) is 0 Å². The van der Waals surface area contributed by atoms with Crippen LogP contribution in [-0.2, 0) is 19.6 Å². The van der Waals surface area contributed by atoms with Crippen molar-refractivity contribution < 1.29 is 4.92 Å². The minimum atomic E-state index is -0.797. The Morgan fingerprint density at radius 1 is 0.862 bits per heavy atom. The highest BCUT2D eigenvalue weighted by Crippen LogP contribution is 2.11. The molecule has 3 rings (SSSR count). The summed E-state index contributed by atoms with van der Waals surface area (Å²) in [6, 6.07) is 10.4. The Morgan fingerprint density at radius 2 is 1.48 bits per heavy atom. The lowest BCUT2D eigenvalue weighted by atomic mass is 10.1. The second kappa shape index (κ2) is 10.2. The predicted molar refractivity (Wildman–Crippen MR) is 111 cm³/mol. The minimum absolute atomic E-state index is 0.220. The number of rotatable bonds is 3. The van der Waals surface area contributed by atoms with Crippen LogP contribution in [0.15, 0.2) is 46.1 Å². The second-order valence-electron chi connectivity index (χ2n) is 7.59. The van der Waals surface area contributed by atoms with Gasteiger partial charge in [0.05, 0.1) is 11.1 Å². The van der Waals surface area contributed by atoms with Gasteiger partial charge in [0.1, 0.15) is 0 Å². The van der Waals surface area contributed by atoms with Crippen molar-refractivity contribution in [1.29, 1.82) is 0 Å². The van der Waals surface area contributed by atoms with Crippen LogP contribution in [0, 0.1) is 10.1 Å². The first-order chi connectivity index (χ1) is 14.1. The van der Waals surface area contributed by atoms with Crippen molar-refractivity contribution in [2.75, 3.05) is 13.1 Å². The van der Waals surface area contributed by atoms with E-state index in [0.717, 1.165) is 62.5 Å². The van der Waals surface area contributed by atoms with E-state index in [1.807, 2.05) is 6.07 Å². The van der Waals surface area contributed by atoms with Gasteiger partial charge in [0, 0.05) is 19.6 Å². The fourth-order valence-corrected chi connectivity index (χ4v) is 3.81. The predicted octanol–water partition coefficient (Wildman–Crippen LogP) is 2.77. The highest BCUT2D eigenvalue weighted by Gasteiger charge is 2.19. The molecule has 156 valence electrons. The summed E-state index contributed by atoms with van der Waals surface area (Å²) < 4.78 is 2.36. The number of aromatic nitrogens is 2. The van der Waals surface area contributed by atoms with Crippen LogP contribution < -0.4 is 11.2 Å². The second-order valence-corrected chi connectivity index (χ2v) is 7.59. The summed E-state index contributed by atoms with van der Waals surface area (Å²) in [5.74, 6) is 0. The molecule has 0 spiro atoms. The summed E-state index contributed by atoms with van der Waals surface area (Å²) in [5.41, 5.74) is -0.461. The Labute approximate surface area is 169 Å². The standard InChI is InChI=1S/C21H28N4O4/c26-20-19(25(28)29)17-23-14-8-2-6-12-22(16-18-10-4-1-5-11-18)13-7-3-9-15-24(20)21(23)27/h1,4-5,10-11,17H,2-3,6-9,12-16H2. The van der Waals surface area contributed by atoms with Crippen LogP contribution in [0.5, 0.6) is 0 Å². The van der Waals surface area contributed by atoms with Crippen molar-refractivity contribution in [3.63, 3.8) is 0 Å². The number of aryl methyl sites for hydroxylation is 1. The van der Waals surface area contributed by atoms with E-state index in [0.29, 0.717) is 13.0 Å². The number of nitro groups is 1. The van der Waals surface area contributed by atoms with Gasteiger partial charge in [-0.05, 0) is 44.3 Å². The van der Waals surface area contributed by atoms with E-state index in [4.69, 9.17) is 0 Å². The smallest absolute Gasteiger partial charge is 0.299 e. The molecule has 0 fully saturated rings. The molecule has 0 atom stereocenters. The summed E-state index contributed by atoms with van der Waals surface area (Å²) in [6.45, 7) is 3.48. The van der Waals surface area contributed by atoms with E-state index in [9.17, 15) is 19.7 Å². The van der Waals surface area contributed by atoms with Crippen molar-refractivity contribution in [3.05, 3.63) is 73.0 Å². The van der Waals surface area contributed by atoms with Gasteiger partial charge in [-0.3, -0.25) is 28.9 Å². The number of hydrogen-bond donors (Lipinski definition) is 0. The molecular formula is C21H28N4O4. The van der Waals surface area contributed by atoms with E-state index < -0.39 is 21.9 Å². The molecule has 0 aliphatic carbocycles. The molecule has 8 heteroatoms. The lowest BCUT2D eigenvalue weighted by Gasteiger charge is -2.23. The maximum Gasteiger partial charge on any atom is 0.350 e. The van der Waals surface area contributed by atoms with Gasteiger partial charge in [0.25, 0.3) is 0 Å². The lowest BCUT2D eigenvalue weighted by molar-refractivity contribution is -0.387. The van der Waals surface area contributed by atoms with E-state index in [1.165, 1.54) is 10.1 Å². The van der Waals surface area contributed by atoms with Crippen molar-refractivity contribution in [2.45, 2.75) is 58.2 Å². The summed E-state index contributed by atoms with van der Waals surface area (Å²) >= 11 is 0. The molecule has 0 saturated heterocycles. The summed E-state index contributed by atoms with van der Waals surface area (Å²) in [6.07, 6.45) is 6.25. The molecule has 1 aliphatic rings. The highest BCUT2D eigenvalue weighted by molar-refractivity contribution is 5.21. The molecule has 0 N–H and O–H groups in total. The third kappa shape index (κ3) is 5.63. The first-order valence-electron chi connectivity index (χ1n) is 10.3. The average Bonchev–Trinajstić information content (AvgIpc) is 2.70. The molecule has 2 bridgehead atoms. The molecule has 0 unspecified atom stereocenters. The molecule has 8 nitrogen and oxygen atoms in total. The van der Waals surface area contributed by atoms with Crippen LogP contribution in [0.1, 0.15) is 44.1 Å². The Morgan fingerprint density at radius 3 is 2.14 bits per heavy atom. The average molecular weight is 400 g/mol. The van der Waals surface area contributed by atoms with Gasteiger partial charge < -0.3 is 0 Å². The number of fused-ring (bicyclic) bond motifs is 2. The molecule has 1 aromatic carbocycles. The zero-order valence-corrected chi connectivity index (χ0v) is 16.7. The van der Waals surface area contributed by atoms with Gasteiger partial charge in [-0.15, -0.1) is 0 Å². The lowest BCUT2D eigenvalue weighted by Crippen LogP contribution is -2.40. The molecular weight excluding hydrogens is 372 g/mol. The maximum absolute atomic E-state index is 12.6. The van der Waals surface area contributed by atoms with Gasteiger partial charge >= 0.3 is 16.9 Å². The Kier molecular flexibility index (Phi) is 7.35. The molecule has 1 aliphatic heterocycles. The fraction of sp³-hybridized carbons (Fsp3) is 0.524.